The number of rotatable bonds is 2. The summed E-state index contributed by atoms with van der Waals surface area (Å²) >= 11 is 0. The lowest BCUT2D eigenvalue weighted by molar-refractivity contribution is 0.0367. The Morgan fingerprint density at radius 1 is 1.38 bits per heavy atom. The van der Waals surface area contributed by atoms with Crippen LogP contribution in [-0.4, -0.2) is 19.0 Å². The highest BCUT2D eigenvalue weighted by Gasteiger charge is 2.30. The van der Waals surface area contributed by atoms with Crippen molar-refractivity contribution < 1.29 is 9.53 Å². The molecule has 1 aliphatic heterocycles. The molecule has 1 aliphatic rings. The second kappa shape index (κ2) is 4.36. The van der Waals surface area contributed by atoms with E-state index >= 15 is 0 Å². The molecular weight excluding hydrogens is 202 g/mol. The van der Waals surface area contributed by atoms with Crippen LogP contribution in [0.25, 0.3) is 0 Å². The van der Waals surface area contributed by atoms with Gasteiger partial charge in [-0.05, 0) is 25.3 Å². The third-order valence-corrected chi connectivity index (χ3v) is 3.14. The molecule has 0 aromatic heterocycles. The summed E-state index contributed by atoms with van der Waals surface area (Å²) in [7, 11) is 0. The largest absolute Gasteiger partial charge is 0.379 e. The fraction of sp³-hybridized carbons (Fsp3) is 0.462. The van der Waals surface area contributed by atoms with E-state index in [-0.39, 0.29) is 11.3 Å². The van der Waals surface area contributed by atoms with Crippen molar-refractivity contribution in [2.24, 2.45) is 5.73 Å². The van der Waals surface area contributed by atoms with Crippen LogP contribution in [0.1, 0.15) is 35.7 Å². The van der Waals surface area contributed by atoms with Crippen LogP contribution in [0.5, 0.6) is 0 Å². The molecule has 0 bridgehead atoms. The molecule has 1 heterocycles. The van der Waals surface area contributed by atoms with Crippen molar-refractivity contribution in [1.82, 2.24) is 0 Å². The molecule has 86 valence electrons. The normalized spacial score (nSPS) is 25.4. The Kier molecular flexibility index (Phi) is 3.08. The summed E-state index contributed by atoms with van der Waals surface area (Å²) in [6, 6.07) is 7.54. The van der Waals surface area contributed by atoms with Gasteiger partial charge in [-0.15, -0.1) is 0 Å². The summed E-state index contributed by atoms with van der Waals surface area (Å²) in [4.78, 5) is 11.2. The van der Waals surface area contributed by atoms with E-state index in [1.807, 2.05) is 24.3 Å². The van der Waals surface area contributed by atoms with E-state index < -0.39 is 0 Å². The zero-order valence-electron chi connectivity index (χ0n) is 9.53. The Labute approximate surface area is 95.6 Å². The Morgan fingerprint density at radius 3 is 2.56 bits per heavy atom. The Bertz CT molecular complexity index is 377. The van der Waals surface area contributed by atoms with Crippen molar-refractivity contribution in [1.29, 1.82) is 0 Å². The van der Waals surface area contributed by atoms with Gasteiger partial charge in [0.05, 0.1) is 12.1 Å². The van der Waals surface area contributed by atoms with E-state index in [1.54, 1.807) is 6.92 Å². The molecule has 1 unspecified atom stereocenters. The highest BCUT2D eigenvalue weighted by atomic mass is 16.5. The van der Waals surface area contributed by atoms with Crippen LogP contribution in [0.4, 0.5) is 0 Å². The van der Waals surface area contributed by atoms with Gasteiger partial charge in [0.1, 0.15) is 0 Å². The number of Topliss-reactive ketones (excluding diaryl/α,β-unsaturated/α-hetero) is 1. The van der Waals surface area contributed by atoms with Crippen molar-refractivity contribution in [2.45, 2.75) is 25.3 Å². The molecule has 0 aliphatic carbocycles. The Balaban J connectivity index is 2.23. The molecule has 0 spiro atoms. The number of hydrogen-bond acceptors (Lipinski definition) is 3. The third kappa shape index (κ3) is 2.15. The molecule has 2 rings (SSSR count). The van der Waals surface area contributed by atoms with Crippen LogP contribution in [-0.2, 0) is 10.3 Å². The van der Waals surface area contributed by atoms with Gasteiger partial charge in [0.15, 0.2) is 5.78 Å². The van der Waals surface area contributed by atoms with Gasteiger partial charge in [-0.1, -0.05) is 24.3 Å². The zero-order chi connectivity index (χ0) is 11.6. The molecule has 1 aromatic rings. The summed E-state index contributed by atoms with van der Waals surface area (Å²) < 4.78 is 5.43. The van der Waals surface area contributed by atoms with Crippen molar-refractivity contribution in [3.05, 3.63) is 35.4 Å². The highest BCUT2D eigenvalue weighted by Crippen LogP contribution is 2.27. The topological polar surface area (TPSA) is 52.3 Å². The minimum atomic E-state index is -0.381. The summed E-state index contributed by atoms with van der Waals surface area (Å²) in [5, 5.41) is 0. The second-order valence-electron chi connectivity index (χ2n) is 4.45. The lowest BCUT2D eigenvalue weighted by Gasteiger charge is -2.33. The van der Waals surface area contributed by atoms with E-state index in [1.165, 1.54) is 0 Å². The first kappa shape index (κ1) is 11.3. The fourth-order valence-electron chi connectivity index (χ4n) is 2.08. The number of benzene rings is 1. The maximum absolute atomic E-state index is 11.2. The SMILES string of the molecule is CC(=O)c1ccc(C2(N)CCCOC2)cc1. The van der Waals surface area contributed by atoms with Crippen LogP contribution in [0, 0.1) is 0 Å². The molecule has 1 aromatic carbocycles. The van der Waals surface area contributed by atoms with Crippen molar-refractivity contribution in [2.75, 3.05) is 13.2 Å². The van der Waals surface area contributed by atoms with E-state index in [0.29, 0.717) is 6.61 Å². The Morgan fingerprint density at radius 2 is 2.06 bits per heavy atom. The molecule has 0 saturated carbocycles. The van der Waals surface area contributed by atoms with Crippen LogP contribution >= 0.6 is 0 Å². The molecule has 0 amide bonds. The molecule has 1 saturated heterocycles. The molecule has 3 heteroatoms. The number of ketones is 1. The molecular formula is C13H17NO2. The third-order valence-electron chi connectivity index (χ3n) is 3.14. The monoisotopic (exact) mass is 219 g/mol. The molecule has 16 heavy (non-hydrogen) atoms. The molecule has 2 N–H and O–H groups in total. The average molecular weight is 219 g/mol. The number of nitrogens with two attached hydrogens (primary N) is 1. The number of hydrogen-bond donors (Lipinski definition) is 1. The van der Waals surface area contributed by atoms with Crippen molar-refractivity contribution in [3.63, 3.8) is 0 Å². The first-order valence-electron chi connectivity index (χ1n) is 5.60. The molecule has 0 radical (unpaired) electrons. The molecule has 1 atom stereocenters. The fourth-order valence-corrected chi connectivity index (χ4v) is 2.08. The number of carbonyl (C=O) groups is 1. The van der Waals surface area contributed by atoms with Crippen molar-refractivity contribution in [3.8, 4) is 0 Å². The first-order valence-corrected chi connectivity index (χ1v) is 5.60. The quantitative estimate of drug-likeness (QED) is 0.772. The highest BCUT2D eigenvalue weighted by molar-refractivity contribution is 5.94. The lowest BCUT2D eigenvalue weighted by atomic mass is 9.85. The predicted molar refractivity (Wildman–Crippen MR) is 62.4 cm³/mol. The van der Waals surface area contributed by atoms with Gasteiger partial charge in [0.2, 0.25) is 0 Å². The van der Waals surface area contributed by atoms with E-state index in [0.717, 1.165) is 30.6 Å². The summed E-state index contributed by atoms with van der Waals surface area (Å²) in [5.41, 5.74) is 7.69. The van der Waals surface area contributed by atoms with Gasteiger partial charge < -0.3 is 10.5 Å². The van der Waals surface area contributed by atoms with Gasteiger partial charge in [-0.3, -0.25) is 4.79 Å². The minimum absolute atomic E-state index is 0.0810. The van der Waals surface area contributed by atoms with Gasteiger partial charge in [-0.2, -0.15) is 0 Å². The number of carbonyl (C=O) groups excluding carboxylic acids is 1. The predicted octanol–water partition coefficient (Wildman–Crippen LogP) is 1.85. The summed E-state index contributed by atoms with van der Waals surface area (Å²) in [5.74, 6) is 0.0810. The average Bonchev–Trinajstić information content (AvgIpc) is 2.30. The Hall–Kier alpha value is -1.19. The summed E-state index contributed by atoms with van der Waals surface area (Å²) in [6.07, 6.45) is 1.93. The van der Waals surface area contributed by atoms with E-state index in [4.69, 9.17) is 10.5 Å². The van der Waals surface area contributed by atoms with E-state index in [9.17, 15) is 4.79 Å². The van der Waals surface area contributed by atoms with Gasteiger partial charge >= 0.3 is 0 Å². The standard InChI is InChI=1S/C13H17NO2/c1-10(15)11-3-5-12(6-4-11)13(14)7-2-8-16-9-13/h3-6H,2,7-9,14H2,1H3. The summed E-state index contributed by atoms with van der Waals surface area (Å²) in [6.45, 7) is 2.92. The van der Waals surface area contributed by atoms with E-state index in [2.05, 4.69) is 0 Å². The second-order valence-corrected chi connectivity index (χ2v) is 4.45. The smallest absolute Gasteiger partial charge is 0.159 e. The van der Waals surface area contributed by atoms with Gasteiger partial charge in [0.25, 0.3) is 0 Å². The van der Waals surface area contributed by atoms with Crippen LogP contribution in [0.2, 0.25) is 0 Å². The van der Waals surface area contributed by atoms with Crippen LogP contribution in [0.15, 0.2) is 24.3 Å². The lowest BCUT2D eigenvalue weighted by Crippen LogP contribution is -2.44. The van der Waals surface area contributed by atoms with Crippen LogP contribution in [0.3, 0.4) is 0 Å². The minimum Gasteiger partial charge on any atom is -0.379 e. The van der Waals surface area contributed by atoms with Gasteiger partial charge in [0, 0.05) is 12.2 Å². The van der Waals surface area contributed by atoms with Crippen LogP contribution < -0.4 is 5.73 Å². The zero-order valence-corrected chi connectivity index (χ0v) is 9.53. The number of ether oxygens (including phenoxy) is 1. The van der Waals surface area contributed by atoms with Gasteiger partial charge in [-0.25, -0.2) is 0 Å². The molecule has 1 fully saturated rings. The first-order chi connectivity index (χ1) is 7.62. The van der Waals surface area contributed by atoms with Crippen molar-refractivity contribution >= 4 is 5.78 Å². The molecule has 3 nitrogen and oxygen atoms in total. The maximum atomic E-state index is 11.2. The maximum Gasteiger partial charge on any atom is 0.159 e.